The van der Waals surface area contributed by atoms with Gasteiger partial charge in [-0.15, -0.1) is 0 Å². The highest BCUT2D eigenvalue weighted by Gasteiger charge is 2.25. The van der Waals surface area contributed by atoms with Crippen molar-refractivity contribution in [2.24, 2.45) is 0 Å². The van der Waals surface area contributed by atoms with Crippen LogP contribution in [0.25, 0.3) is 33.6 Å². The Morgan fingerprint density at radius 1 is 1.17 bits per heavy atom. The topological polar surface area (TPSA) is 97.9 Å². The summed E-state index contributed by atoms with van der Waals surface area (Å²) in [6.45, 7) is 3.09. The number of carboxylic acids is 1. The number of methoxy groups -OCH3 is 1. The fourth-order valence-corrected chi connectivity index (χ4v) is 4.12. The molecule has 8 nitrogen and oxygen atoms in total. The van der Waals surface area contributed by atoms with E-state index >= 15 is 0 Å². The summed E-state index contributed by atoms with van der Waals surface area (Å²) in [4.78, 5) is 21.5. The number of carbonyl (C=O) groups is 1. The van der Waals surface area contributed by atoms with E-state index in [1.807, 2.05) is 43.1 Å². The van der Waals surface area contributed by atoms with Crippen molar-refractivity contribution >= 4 is 17.1 Å². The molecule has 4 aromatic rings. The first-order valence-corrected chi connectivity index (χ1v) is 11.6. The van der Waals surface area contributed by atoms with E-state index < -0.39 is 11.8 Å². The third kappa shape index (κ3) is 5.63. The van der Waals surface area contributed by atoms with Crippen LogP contribution in [-0.4, -0.2) is 59.3 Å². The molecule has 2 aromatic heterocycles. The summed E-state index contributed by atoms with van der Waals surface area (Å²) < 4.78 is 32.4. The molecular weight excluding hydrogens is 465 g/mol. The van der Waals surface area contributed by atoms with E-state index in [9.17, 15) is 9.18 Å². The Balaban J connectivity index is 1.73. The maximum atomic E-state index is 14.8. The number of furan rings is 1. The van der Waals surface area contributed by atoms with Crippen LogP contribution in [0, 0.1) is 5.82 Å². The van der Waals surface area contributed by atoms with Crippen molar-refractivity contribution in [3.05, 3.63) is 60.7 Å². The van der Waals surface area contributed by atoms with Gasteiger partial charge in [0.2, 0.25) is 11.6 Å². The van der Waals surface area contributed by atoms with Gasteiger partial charge < -0.3 is 23.9 Å². The molecule has 4 rings (SSSR count). The van der Waals surface area contributed by atoms with Gasteiger partial charge in [0.25, 0.3) is 0 Å². The third-order valence-electron chi connectivity index (χ3n) is 5.76. The normalized spacial score (nSPS) is 12.1. The van der Waals surface area contributed by atoms with Crippen LogP contribution in [0.15, 0.2) is 59.3 Å². The van der Waals surface area contributed by atoms with Gasteiger partial charge in [0.1, 0.15) is 35.1 Å². The summed E-state index contributed by atoms with van der Waals surface area (Å²) in [5.41, 5.74) is 1.98. The average molecular weight is 494 g/mol. The highest BCUT2D eigenvalue weighted by molar-refractivity contribution is 6.03. The Labute approximate surface area is 208 Å². The van der Waals surface area contributed by atoms with E-state index in [0.717, 1.165) is 5.56 Å². The summed E-state index contributed by atoms with van der Waals surface area (Å²) in [7, 11) is 3.50. The van der Waals surface area contributed by atoms with Gasteiger partial charge in [-0.2, -0.15) is 0 Å². The molecule has 0 unspecified atom stereocenters. The van der Waals surface area contributed by atoms with Crippen LogP contribution in [-0.2, 0) is 4.79 Å². The lowest BCUT2D eigenvalue weighted by atomic mass is 9.99. The lowest BCUT2D eigenvalue weighted by Crippen LogP contribution is -2.32. The zero-order valence-corrected chi connectivity index (χ0v) is 20.4. The number of fused-ring (bicyclic) bond motifs is 1. The molecule has 0 fully saturated rings. The number of aromatic nitrogens is 2. The Kier molecular flexibility index (Phi) is 7.80. The molecule has 0 spiro atoms. The molecular formula is C27H28FN3O5. The quantitative estimate of drug-likeness (QED) is 0.302. The second kappa shape index (κ2) is 11.2. The molecule has 2 heterocycles. The monoisotopic (exact) mass is 493 g/mol. The number of halogens is 1. The molecule has 2 aromatic carbocycles. The van der Waals surface area contributed by atoms with Gasteiger partial charge in [0.05, 0.1) is 12.7 Å². The van der Waals surface area contributed by atoms with Gasteiger partial charge in [0, 0.05) is 18.5 Å². The molecule has 188 valence electrons. The molecule has 9 heteroatoms. The van der Waals surface area contributed by atoms with E-state index in [0.29, 0.717) is 53.4 Å². The first kappa shape index (κ1) is 25.1. The summed E-state index contributed by atoms with van der Waals surface area (Å²) >= 11 is 0. The van der Waals surface area contributed by atoms with Crippen molar-refractivity contribution in [1.29, 1.82) is 0 Å². The van der Waals surface area contributed by atoms with Crippen LogP contribution < -0.4 is 9.47 Å². The summed E-state index contributed by atoms with van der Waals surface area (Å²) in [5, 5.41) is 9.40. The molecule has 36 heavy (non-hydrogen) atoms. The van der Waals surface area contributed by atoms with Crippen molar-refractivity contribution in [3.63, 3.8) is 0 Å². The number of benzene rings is 2. The summed E-state index contributed by atoms with van der Waals surface area (Å²) in [6, 6.07) is 13.8. The van der Waals surface area contributed by atoms with Crippen LogP contribution >= 0.6 is 0 Å². The Bertz CT molecular complexity index is 1340. The van der Waals surface area contributed by atoms with E-state index in [2.05, 4.69) is 9.97 Å². The Morgan fingerprint density at radius 3 is 2.61 bits per heavy atom. The maximum absolute atomic E-state index is 14.8. The third-order valence-corrected chi connectivity index (χ3v) is 5.76. The molecule has 0 saturated heterocycles. The smallest absolute Gasteiger partial charge is 0.303 e. The predicted octanol–water partition coefficient (Wildman–Crippen LogP) is 5.27. The van der Waals surface area contributed by atoms with Crippen LogP contribution in [0.5, 0.6) is 11.6 Å². The van der Waals surface area contributed by atoms with Gasteiger partial charge in [-0.05, 0) is 56.8 Å². The lowest BCUT2D eigenvalue weighted by molar-refractivity contribution is -0.137. The number of likely N-dealkylation sites (N-methyl/N-ethyl adjacent to an activating group) is 1. The van der Waals surface area contributed by atoms with Gasteiger partial charge in [-0.1, -0.05) is 24.3 Å². The van der Waals surface area contributed by atoms with Crippen molar-refractivity contribution in [2.45, 2.75) is 25.9 Å². The maximum Gasteiger partial charge on any atom is 0.303 e. The van der Waals surface area contributed by atoms with Gasteiger partial charge in [-0.3, -0.25) is 4.79 Å². The minimum absolute atomic E-state index is 0.116. The van der Waals surface area contributed by atoms with Gasteiger partial charge in [-0.25, -0.2) is 14.4 Å². The number of ether oxygens (including phenoxy) is 2. The molecule has 0 bridgehead atoms. The average Bonchev–Trinajstić information content (AvgIpc) is 3.24. The first-order chi connectivity index (χ1) is 17.4. The molecule has 0 amide bonds. The Morgan fingerprint density at radius 2 is 1.92 bits per heavy atom. The number of hydrogen-bond donors (Lipinski definition) is 1. The number of rotatable bonds is 11. The van der Waals surface area contributed by atoms with Crippen LogP contribution in [0.1, 0.15) is 19.8 Å². The van der Waals surface area contributed by atoms with Gasteiger partial charge in [0.15, 0.2) is 0 Å². The minimum Gasteiger partial charge on any atom is -0.497 e. The minimum atomic E-state index is -0.812. The highest BCUT2D eigenvalue weighted by Crippen LogP contribution is 2.44. The molecule has 0 aliphatic heterocycles. The molecule has 0 aliphatic rings. The van der Waals surface area contributed by atoms with Gasteiger partial charge >= 0.3 is 5.97 Å². The van der Waals surface area contributed by atoms with Crippen molar-refractivity contribution < 1.29 is 28.2 Å². The van der Waals surface area contributed by atoms with Crippen molar-refractivity contribution in [1.82, 2.24) is 14.9 Å². The summed E-state index contributed by atoms with van der Waals surface area (Å²) in [6.07, 6.45) is 1.75. The zero-order valence-electron chi connectivity index (χ0n) is 20.4. The second-order valence-electron chi connectivity index (χ2n) is 8.56. The second-order valence-corrected chi connectivity index (χ2v) is 8.56. The van der Waals surface area contributed by atoms with E-state index in [4.69, 9.17) is 19.0 Å². The number of hydrogen-bond acceptors (Lipinski definition) is 7. The SMILES string of the molecule is COc1ccc(-c2c(-c3ccccc3F)oc3ncnc(O[C@@H](C)CN(C)CCCC(=O)O)c23)cc1. The molecule has 0 saturated carbocycles. The van der Waals surface area contributed by atoms with E-state index in [-0.39, 0.29) is 18.2 Å². The number of nitrogens with zero attached hydrogens (tertiary/aromatic N) is 3. The van der Waals surface area contributed by atoms with Crippen LogP contribution in [0.4, 0.5) is 4.39 Å². The van der Waals surface area contributed by atoms with Crippen molar-refractivity contribution in [2.75, 3.05) is 27.2 Å². The van der Waals surface area contributed by atoms with E-state index in [1.54, 1.807) is 25.3 Å². The summed E-state index contributed by atoms with van der Waals surface area (Å²) in [5.74, 6) is 0.109. The van der Waals surface area contributed by atoms with E-state index in [1.165, 1.54) is 12.4 Å². The lowest BCUT2D eigenvalue weighted by Gasteiger charge is -2.21. The van der Waals surface area contributed by atoms with Crippen LogP contribution in [0.2, 0.25) is 0 Å². The largest absolute Gasteiger partial charge is 0.497 e. The number of aliphatic carboxylic acids is 1. The molecule has 0 aliphatic carbocycles. The fourth-order valence-electron chi connectivity index (χ4n) is 4.12. The Hall–Kier alpha value is -3.98. The first-order valence-electron chi connectivity index (χ1n) is 11.6. The predicted molar refractivity (Wildman–Crippen MR) is 134 cm³/mol. The fraction of sp³-hybridized carbons (Fsp3) is 0.296. The zero-order chi connectivity index (χ0) is 25.7. The molecule has 1 atom stereocenters. The number of carboxylic acid groups (broad SMARTS) is 1. The molecule has 0 radical (unpaired) electrons. The van der Waals surface area contributed by atoms with Crippen molar-refractivity contribution in [3.8, 4) is 34.1 Å². The standard InChI is InChI=1S/C27H28FN3O5/c1-17(15-31(2)14-6-9-22(32)33)35-26-24-23(18-10-12-19(34-3)13-11-18)25(36-27(24)30-16-29-26)20-7-4-5-8-21(20)28/h4-5,7-8,10-13,16-17H,6,9,14-15H2,1-3H3,(H,32,33)/t17-/m0/s1. The highest BCUT2D eigenvalue weighted by atomic mass is 19.1. The van der Waals surface area contributed by atoms with Crippen LogP contribution in [0.3, 0.4) is 0 Å². The molecule has 1 N–H and O–H groups in total.